The minimum atomic E-state index is -3.70. The van der Waals surface area contributed by atoms with Crippen LogP contribution in [-0.2, 0) is 14.8 Å². The maximum Gasteiger partial charge on any atom is 0.266 e. The van der Waals surface area contributed by atoms with Crippen molar-refractivity contribution in [2.24, 2.45) is 5.92 Å². The summed E-state index contributed by atoms with van der Waals surface area (Å²) in [6.07, 6.45) is 0.300. The maximum absolute atomic E-state index is 12.3. The zero-order chi connectivity index (χ0) is 13.5. The third kappa shape index (κ3) is 2.31. The van der Waals surface area contributed by atoms with Gasteiger partial charge < -0.3 is 0 Å². The van der Waals surface area contributed by atoms with Crippen LogP contribution in [0.5, 0.6) is 0 Å². The van der Waals surface area contributed by atoms with Gasteiger partial charge in [0.25, 0.3) is 10.0 Å². The fourth-order valence-electron chi connectivity index (χ4n) is 1.99. The van der Waals surface area contributed by atoms with E-state index >= 15 is 0 Å². The molecule has 1 atom stereocenters. The van der Waals surface area contributed by atoms with Gasteiger partial charge in [-0.3, -0.25) is 4.79 Å². The Morgan fingerprint density at radius 2 is 2.06 bits per heavy atom. The van der Waals surface area contributed by atoms with Crippen LogP contribution in [0, 0.1) is 12.8 Å². The Balaban J connectivity index is 2.42. The summed E-state index contributed by atoms with van der Waals surface area (Å²) in [7, 11) is -3.70. The van der Waals surface area contributed by atoms with Crippen molar-refractivity contribution >= 4 is 31.9 Å². The first-order chi connectivity index (χ1) is 8.32. The number of amides is 1. The van der Waals surface area contributed by atoms with Gasteiger partial charge in [-0.1, -0.05) is 22.9 Å². The minimum absolute atomic E-state index is 0.0869. The van der Waals surface area contributed by atoms with Crippen LogP contribution >= 0.6 is 15.9 Å². The SMILES string of the molecule is Cc1cc(S(=O)(=O)N2CC(C)CC2=O)ccc1Br. The Morgan fingerprint density at radius 1 is 1.39 bits per heavy atom. The lowest BCUT2D eigenvalue weighted by Crippen LogP contribution is -2.32. The Kier molecular flexibility index (Phi) is 3.51. The summed E-state index contributed by atoms with van der Waals surface area (Å²) in [5.74, 6) is -0.230. The molecule has 1 fully saturated rings. The number of benzene rings is 1. The smallest absolute Gasteiger partial charge is 0.266 e. The van der Waals surface area contributed by atoms with Crippen molar-refractivity contribution in [3.05, 3.63) is 28.2 Å². The van der Waals surface area contributed by atoms with E-state index in [2.05, 4.69) is 15.9 Å². The van der Waals surface area contributed by atoms with Crippen molar-refractivity contribution in [1.82, 2.24) is 4.31 Å². The standard InChI is InChI=1S/C12H14BrNO3S/c1-8-5-12(15)14(7-8)18(16,17)10-3-4-11(13)9(2)6-10/h3-4,6,8H,5,7H2,1-2H3. The van der Waals surface area contributed by atoms with Gasteiger partial charge in [0.15, 0.2) is 0 Å². The summed E-state index contributed by atoms with van der Waals surface area (Å²) < 4.78 is 26.5. The monoisotopic (exact) mass is 331 g/mol. The fraction of sp³-hybridized carbons (Fsp3) is 0.417. The second kappa shape index (κ2) is 4.66. The second-order valence-corrected chi connectivity index (χ2v) is 7.37. The average Bonchev–Trinajstić information content (AvgIpc) is 2.62. The fourth-order valence-corrected chi connectivity index (χ4v) is 3.85. The van der Waals surface area contributed by atoms with Crippen molar-refractivity contribution in [2.75, 3.05) is 6.54 Å². The van der Waals surface area contributed by atoms with Crippen molar-refractivity contribution in [3.63, 3.8) is 0 Å². The largest absolute Gasteiger partial charge is 0.274 e. The highest BCUT2D eigenvalue weighted by Gasteiger charge is 2.36. The van der Waals surface area contributed by atoms with E-state index < -0.39 is 10.0 Å². The minimum Gasteiger partial charge on any atom is -0.274 e. The van der Waals surface area contributed by atoms with E-state index in [1.807, 2.05) is 13.8 Å². The van der Waals surface area contributed by atoms with Gasteiger partial charge in [0.1, 0.15) is 0 Å². The van der Waals surface area contributed by atoms with Crippen molar-refractivity contribution < 1.29 is 13.2 Å². The molecule has 4 nitrogen and oxygen atoms in total. The number of hydrogen-bond donors (Lipinski definition) is 0. The van der Waals surface area contributed by atoms with Gasteiger partial charge in [0, 0.05) is 17.4 Å². The van der Waals surface area contributed by atoms with Crippen LogP contribution in [0.1, 0.15) is 18.9 Å². The third-order valence-corrected chi connectivity index (χ3v) is 5.67. The summed E-state index contributed by atoms with van der Waals surface area (Å²) in [6, 6.07) is 4.78. The molecule has 1 saturated heterocycles. The zero-order valence-corrected chi connectivity index (χ0v) is 12.6. The molecule has 0 saturated carbocycles. The molecule has 1 unspecified atom stereocenters. The van der Waals surface area contributed by atoms with E-state index in [0.717, 1.165) is 14.3 Å². The van der Waals surface area contributed by atoms with E-state index in [0.29, 0.717) is 6.42 Å². The number of sulfonamides is 1. The molecule has 0 aromatic heterocycles. The third-order valence-electron chi connectivity index (χ3n) is 3.00. The molecule has 1 heterocycles. The van der Waals surface area contributed by atoms with E-state index in [1.165, 1.54) is 6.07 Å². The first-order valence-corrected chi connectivity index (χ1v) is 7.87. The lowest BCUT2D eigenvalue weighted by atomic mass is 10.2. The number of rotatable bonds is 2. The molecule has 1 amide bonds. The van der Waals surface area contributed by atoms with E-state index in [4.69, 9.17) is 0 Å². The topological polar surface area (TPSA) is 54.5 Å². The molecule has 0 radical (unpaired) electrons. The zero-order valence-electron chi connectivity index (χ0n) is 10.2. The molecule has 1 aliphatic heterocycles. The number of carbonyl (C=O) groups is 1. The van der Waals surface area contributed by atoms with Gasteiger partial charge in [-0.2, -0.15) is 0 Å². The van der Waals surface area contributed by atoms with Gasteiger partial charge in [0.05, 0.1) is 4.90 Å². The summed E-state index contributed by atoms with van der Waals surface area (Å²) in [4.78, 5) is 11.9. The summed E-state index contributed by atoms with van der Waals surface area (Å²) in [5.41, 5.74) is 0.829. The van der Waals surface area contributed by atoms with Crippen LogP contribution in [0.2, 0.25) is 0 Å². The van der Waals surface area contributed by atoms with Crippen molar-refractivity contribution in [1.29, 1.82) is 0 Å². The average molecular weight is 332 g/mol. The Bertz CT molecular complexity index is 597. The summed E-state index contributed by atoms with van der Waals surface area (Å²) in [5, 5.41) is 0. The molecule has 1 aromatic carbocycles. The first kappa shape index (κ1) is 13.5. The van der Waals surface area contributed by atoms with Gasteiger partial charge >= 0.3 is 0 Å². The van der Waals surface area contributed by atoms with Crippen LogP contribution in [0.4, 0.5) is 0 Å². The van der Waals surface area contributed by atoms with Gasteiger partial charge in [-0.05, 0) is 36.6 Å². The van der Waals surface area contributed by atoms with Gasteiger partial charge in [0.2, 0.25) is 5.91 Å². The quantitative estimate of drug-likeness (QED) is 0.835. The molecule has 0 N–H and O–H groups in total. The van der Waals surface area contributed by atoms with Crippen molar-refractivity contribution in [2.45, 2.75) is 25.2 Å². The van der Waals surface area contributed by atoms with Crippen LogP contribution in [-0.4, -0.2) is 25.2 Å². The maximum atomic E-state index is 12.3. The highest BCUT2D eigenvalue weighted by Crippen LogP contribution is 2.27. The highest BCUT2D eigenvalue weighted by atomic mass is 79.9. The lowest BCUT2D eigenvalue weighted by Gasteiger charge is -2.17. The Hall–Kier alpha value is -0.880. The van der Waals surface area contributed by atoms with E-state index in [9.17, 15) is 13.2 Å². The van der Waals surface area contributed by atoms with Crippen LogP contribution < -0.4 is 0 Å². The number of halogens is 1. The predicted molar refractivity (Wildman–Crippen MR) is 71.6 cm³/mol. The van der Waals surface area contributed by atoms with Gasteiger partial charge in [-0.25, -0.2) is 12.7 Å². The van der Waals surface area contributed by atoms with Crippen LogP contribution in [0.15, 0.2) is 27.6 Å². The molecule has 2 rings (SSSR count). The molecule has 6 heteroatoms. The second-order valence-electron chi connectivity index (χ2n) is 4.65. The molecule has 18 heavy (non-hydrogen) atoms. The molecular formula is C12H14BrNO3S. The molecule has 1 aliphatic rings. The number of carbonyl (C=O) groups excluding carboxylic acids is 1. The van der Waals surface area contributed by atoms with Crippen LogP contribution in [0.25, 0.3) is 0 Å². The van der Waals surface area contributed by atoms with Crippen LogP contribution in [0.3, 0.4) is 0 Å². The molecule has 0 spiro atoms. The first-order valence-electron chi connectivity index (χ1n) is 5.64. The predicted octanol–water partition coefficient (Wildman–Crippen LogP) is 2.31. The molecular weight excluding hydrogens is 318 g/mol. The normalized spacial score (nSPS) is 20.5. The Labute approximate surface area is 115 Å². The van der Waals surface area contributed by atoms with E-state index in [-0.39, 0.29) is 23.3 Å². The highest BCUT2D eigenvalue weighted by molar-refractivity contribution is 9.10. The van der Waals surface area contributed by atoms with Gasteiger partial charge in [-0.15, -0.1) is 0 Å². The molecule has 0 aliphatic carbocycles. The Morgan fingerprint density at radius 3 is 2.56 bits per heavy atom. The molecule has 0 bridgehead atoms. The summed E-state index contributed by atoms with van der Waals surface area (Å²) in [6.45, 7) is 3.97. The molecule has 1 aromatic rings. The molecule has 98 valence electrons. The van der Waals surface area contributed by atoms with Crippen molar-refractivity contribution in [3.8, 4) is 0 Å². The number of nitrogens with zero attached hydrogens (tertiary/aromatic N) is 1. The lowest BCUT2D eigenvalue weighted by molar-refractivity contribution is -0.123. The van der Waals surface area contributed by atoms with E-state index in [1.54, 1.807) is 12.1 Å². The summed E-state index contributed by atoms with van der Waals surface area (Å²) >= 11 is 3.33. The number of hydrogen-bond acceptors (Lipinski definition) is 3. The number of aryl methyl sites for hydroxylation is 1.